The zero-order valence-corrected chi connectivity index (χ0v) is 13.4. The van der Waals surface area contributed by atoms with Crippen LogP contribution in [0.4, 0.5) is 5.69 Å². The van der Waals surface area contributed by atoms with E-state index in [4.69, 9.17) is 11.6 Å². The first-order valence-corrected chi connectivity index (χ1v) is 7.67. The lowest BCUT2D eigenvalue weighted by Crippen LogP contribution is -2.39. The van der Waals surface area contributed by atoms with Crippen molar-refractivity contribution in [3.8, 4) is 0 Å². The molecule has 1 saturated heterocycles. The third-order valence-corrected chi connectivity index (χ3v) is 3.98. The Morgan fingerprint density at radius 3 is 2.80 bits per heavy atom. The molecular weight excluding hydrogens is 270 g/mol. The van der Waals surface area contributed by atoms with E-state index in [1.54, 1.807) is 6.20 Å². The summed E-state index contributed by atoms with van der Waals surface area (Å²) in [5.41, 5.74) is 3.50. The summed E-state index contributed by atoms with van der Waals surface area (Å²) in [5.74, 6) is 0. The van der Waals surface area contributed by atoms with E-state index in [0.717, 1.165) is 43.7 Å². The van der Waals surface area contributed by atoms with Crippen LogP contribution in [0.15, 0.2) is 23.9 Å². The van der Waals surface area contributed by atoms with Crippen LogP contribution >= 0.6 is 11.6 Å². The predicted octanol–water partition coefficient (Wildman–Crippen LogP) is 3.89. The van der Waals surface area contributed by atoms with Crippen LogP contribution in [0.2, 0.25) is 5.15 Å². The molecule has 0 aromatic carbocycles. The molecule has 2 heterocycles. The van der Waals surface area contributed by atoms with Crippen LogP contribution < -0.4 is 5.32 Å². The van der Waals surface area contributed by atoms with E-state index in [9.17, 15) is 0 Å². The number of anilines is 1. The Labute approximate surface area is 127 Å². The number of allylic oxidation sites excluding steroid dienone is 1. The maximum atomic E-state index is 6.14. The SMILES string of the molecule is CC(C)=CCN1CCC(Nc2cc(C)cnc2Cl)CC1. The highest BCUT2D eigenvalue weighted by atomic mass is 35.5. The Morgan fingerprint density at radius 2 is 2.15 bits per heavy atom. The molecule has 0 atom stereocenters. The van der Waals surface area contributed by atoms with E-state index in [-0.39, 0.29) is 0 Å². The van der Waals surface area contributed by atoms with Crippen molar-refractivity contribution in [3.63, 3.8) is 0 Å². The van der Waals surface area contributed by atoms with Gasteiger partial charge in [0.2, 0.25) is 0 Å². The van der Waals surface area contributed by atoms with Crippen molar-refractivity contribution in [1.29, 1.82) is 0 Å². The van der Waals surface area contributed by atoms with Crippen LogP contribution in [0.3, 0.4) is 0 Å². The molecule has 20 heavy (non-hydrogen) atoms. The highest BCUT2D eigenvalue weighted by Gasteiger charge is 2.19. The second kappa shape index (κ2) is 7.09. The molecule has 1 aliphatic heterocycles. The Morgan fingerprint density at radius 1 is 1.45 bits per heavy atom. The first-order valence-electron chi connectivity index (χ1n) is 7.29. The van der Waals surface area contributed by atoms with Crippen molar-refractivity contribution in [2.24, 2.45) is 0 Å². The van der Waals surface area contributed by atoms with Gasteiger partial charge in [0.1, 0.15) is 0 Å². The summed E-state index contributed by atoms with van der Waals surface area (Å²) in [4.78, 5) is 6.69. The van der Waals surface area contributed by atoms with Crippen LogP contribution in [0.25, 0.3) is 0 Å². The van der Waals surface area contributed by atoms with Gasteiger partial charge in [-0.1, -0.05) is 23.3 Å². The zero-order chi connectivity index (χ0) is 14.5. The number of hydrogen-bond donors (Lipinski definition) is 1. The minimum atomic E-state index is 0.499. The summed E-state index contributed by atoms with van der Waals surface area (Å²) in [6.45, 7) is 9.69. The van der Waals surface area contributed by atoms with Crippen molar-refractivity contribution < 1.29 is 0 Å². The van der Waals surface area contributed by atoms with E-state index in [0.29, 0.717) is 11.2 Å². The number of rotatable bonds is 4. The van der Waals surface area contributed by atoms with Gasteiger partial charge >= 0.3 is 0 Å². The zero-order valence-electron chi connectivity index (χ0n) is 12.6. The fourth-order valence-electron chi connectivity index (χ4n) is 2.45. The summed E-state index contributed by atoms with van der Waals surface area (Å²) in [7, 11) is 0. The number of likely N-dealkylation sites (tertiary alicyclic amines) is 1. The summed E-state index contributed by atoms with van der Waals surface area (Å²) >= 11 is 6.14. The Hall–Kier alpha value is -1.06. The lowest BCUT2D eigenvalue weighted by molar-refractivity contribution is 0.240. The van der Waals surface area contributed by atoms with Gasteiger partial charge in [0, 0.05) is 31.9 Å². The molecule has 1 fully saturated rings. The molecule has 0 saturated carbocycles. The molecule has 0 unspecified atom stereocenters. The molecule has 0 spiro atoms. The Kier molecular flexibility index (Phi) is 5.44. The van der Waals surface area contributed by atoms with Gasteiger partial charge in [0.25, 0.3) is 0 Å². The molecule has 110 valence electrons. The summed E-state index contributed by atoms with van der Waals surface area (Å²) in [5, 5.41) is 4.11. The predicted molar refractivity (Wildman–Crippen MR) is 86.5 cm³/mol. The van der Waals surface area contributed by atoms with Gasteiger partial charge in [0.15, 0.2) is 5.15 Å². The summed E-state index contributed by atoms with van der Waals surface area (Å²) < 4.78 is 0. The maximum Gasteiger partial charge on any atom is 0.152 e. The molecule has 0 bridgehead atoms. The molecule has 1 aromatic rings. The van der Waals surface area contributed by atoms with Crippen LogP contribution in [0.5, 0.6) is 0 Å². The molecule has 4 heteroatoms. The van der Waals surface area contributed by atoms with Gasteiger partial charge in [-0.15, -0.1) is 0 Å². The van der Waals surface area contributed by atoms with Crippen molar-refractivity contribution in [3.05, 3.63) is 34.6 Å². The molecule has 1 aromatic heterocycles. The van der Waals surface area contributed by atoms with Gasteiger partial charge in [-0.25, -0.2) is 4.98 Å². The number of aryl methyl sites for hydroxylation is 1. The van der Waals surface area contributed by atoms with Crippen molar-refractivity contribution in [1.82, 2.24) is 9.88 Å². The average molecular weight is 294 g/mol. The van der Waals surface area contributed by atoms with Gasteiger partial charge in [-0.05, 0) is 45.2 Å². The largest absolute Gasteiger partial charge is 0.380 e. The molecule has 0 aliphatic carbocycles. The molecule has 0 radical (unpaired) electrons. The molecule has 2 rings (SSSR count). The highest BCUT2D eigenvalue weighted by Crippen LogP contribution is 2.23. The minimum absolute atomic E-state index is 0.499. The number of piperidine rings is 1. The van der Waals surface area contributed by atoms with E-state index in [1.165, 1.54) is 5.57 Å². The number of pyridine rings is 1. The van der Waals surface area contributed by atoms with Gasteiger partial charge in [0.05, 0.1) is 5.69 Å². The van der Waals surface area contributed by atoms with Crippen LogP contribution in [0, 0.1) is 6.92 Å². The minimum Gasteiger partial charge on any atom is -0.380 e. The lowest BCUT2D eigenvalue weighted by atomic mass is 10.0. The quantitative estimate of drug-likeness (QED) is 0.674. The van der Waals surface area contributed by atoms with Crippen LogP contribution in [0.1, 0.15) is 32.3 Å². The van der Waals surface area contributed by atoms with Crippen LogP contribution in [-0.2, 0) is 0 Å². The third kappa shape index (κ3) is 4.50. The number of nitrogens with one attached hydrogen (secondary N) is 1. The molecule has 3 nitrogen and oxygen atoms in total. The van der Waals surface area contributed by atoms with E-state index in [1.807, 2.05) is 6.92 Å². The van der Waals surface area contributed by atoms with E-state index in [2.05, 4.69) is 41.2 Å². The van der Waals surface area contributed by atoms with Crippen molar-refractivity contribution in [2.45, 2.75) is 39.7 Å². The number of halogens is 1. The Bertz CT molecular complexity index is 473. The molecular formula is C16H24ClN3. The number of nitrogens with zero attached hydrogens (tertiary/aromatic N) is 2. The maximum absolute atomic E-state index is 6.14. The number of aromatic nitrogens is 1. The average Bonchev–Trinajstić information content (AvgIpc) is 2.42. The summed E-state index contributed by atoms with van der Waals surface area (Å²) in [6.07, 6.45) is 6.41. The number of hydrogen-bond acceptors (Lipinski definition) is 3. The van der Waals surface area contributed by atoms with Gasteiger partial charge in [-0.3, -0.25) is 4.90 Å². The summed E-state index contributed by atoms with van der Waals surface area (Å²) in [6, 6.07) is 2.57. The molecule has 1 aliphatic rings. The van der Waals surface area contributed by atoms with Crippen LogP contribution in [-0.4, -0.2) is 35.6 Å². The van der Waals surface area contributed by atoms with E-state index < -0.39 is 0 Å². The smallest absolute Gasteiger partial charge is 0.152 e. The Balaban J connectivity index is 1.85. The highest BCUT2D eigenvalue weighted by molar-refractivity contribution is 6.31. The second-order valence-corrected chi connectivity index (χ2v) is 6.21. The third-order valence-electron chi connectivity index (χ3n) is 3.68. The van der Waals surface area contributed by atoms with Crippen molar-refractivity contribution >= 4 is 17.3 Å². The van der Waals surface area contributed by atoms with Crippen molar-refractivity contribution in [2.75, 3.05) is 25.0 Å². The first-order chi connectivity index (χ1) is 9.54. The van der Waals surface area contributed by atoms with E-state index >= 15 is 0 Å². The first kappa shape index (κ1) is 15.3. The molecule has 0 amide bonds. The normalized spacial score (nSPS) is 17.0. The fourth-order valence-corrected chi connectivity index (χ4v) is 2.60. The molecule has 1 N–H and O–H groups in total. The van der Waals surface area contributed by atoms with Gasteiger partial charge < -0.3 is 5.32 Å². The fraction of sp³-hybridized carbons (Fsp3) is 0.562. The lowest BCUT2D eigenvalue weighted by Gasteiger charge is -2.32. The standard InChI is InChI=1S/C16H24ClN3/c1-12(2)4-7-20-8-5-14(6-9-20)19-15-10-13(3)11-18-16(15)17/h4,10-11,14,19H,5-9H2,1-3H3. The monoisotopic (exact) mass is 293 g/mol. The van der Waals surface area contributed by atoms with Gasteiger partial charge in [-0.2, -0.15) is 0 Å². The topological polar surface area (TPSA) is 28.2 Å². The second-order valence-electron chi connectivity index (χ2n) is 5.85.